The fourth-order valence-electron chi connectivity index (χ4n) is 4.25. The van der Waals surface area contributed by atoms with Crippen LogP contribution in [0, 0.1) is 0 Å². The average molecular weight is 387 g/mol. The standard InChI is InChI=1S/C22H18N2O.2C2H6/c1-3-13-18(12(2)25)20-15-9-5-7-11-17(15)24-22(20)21-19(13)14-8-4-6-10-16(14)23-21;2*1-2/h4-11,23-24H,3H2,1-2H3;2*1-2H3. The van der Waals surface area contributed by atoms with Gasteiger partial charge in [0.25, 0.3) is 0 Å². The molecule has 0 atom stereocenters. The molecule has 150 valence electrons. The molecule has 5 aromatic rings. The Bertz CT molecular complexity index is 1300. The van der Waals surface area contributed by atoms with Crippen molar-refractivity contribution in [2.24, 2.45) is 0 Å². The average Bonchev–Trinajstić information content (AvgIpc) is 3.34. The number of nitrogens with one attached hydrogen (secondary N) is 2. The zero-order chi connectivity index (χ0) is 21.1. The highest BCUT2D eigenvalue weighted by molar-refractivity contribution is 6.29. The molecule has 0 amide bonds. The van der Waals surface area contributed by atoms with Crippen LogP contribution in [0.25, 0.3) is 43.6 Å². The summed E-state index contributed by atoms with van der Waals surface area (Å²) in [4.78, 5) is 19.8. The first kappa shape index (κ1) is 20.7. The molecule has 0 aliphatic carbocycles. The number of carbonyl (C=O) groups excluding carboxylic acids is 1. The summed E-state index contributed by atoms with van der Waals surface area (Å²) in [6, 6.07) is 16.5. The molecule has 2 N–H and O–H groups in total. The van der Waals surface area contributed by atoms with Crippen molar-refractivity contribution in [1.29, 1.82) is 0 Å². The van der Waals surface area contributed by atoms with E-state index in [1.54, 1.807) is 6.92 Å². The predicted octanol–water partition coefficient (Wildman–Crippen LogP) is 7.77. The summed E-state index contributed by atoms with van der Waals surface area (Å²) in [5.41, 5.74) is 6.27. The molecule has 0 bridgehead atoms. The minimum absolute atomic E-state index is 0.124. The zero-order valence-electron chi connectivity index (χ0n) is 18.2. The van der Waals surface area contributed by atoms with Gasteiger partial charge in [0.15, 0.2) is 5.78 Å². The minimum Gasteiger partial charge on any atom is -0.353 e. The predicted molar refractivity (Wildman–Crippen MR) is 127 cm³/mol. The topological polar surface area (TPSA) is 48.6 Å². The molecule has 3 nitrogen and oxygen atoms in total. The summed E-state index contributed by atoms with van der Waals surface area (Å²) in [5.74, 6) is 0.124. The number of aryl methyl sites for hydroxylation is 1. The molecule has 2 aromatic heterocycles. The summed E-state index contributed by atoms with van der Waals surface area (Å²) < 4.78 is 0. The van der Waals surface area contributed by atoms with Crippen LogP contribution in [0.15, 0.2) is 48.5 Å². The van der Waals surface area contributed by atoms with Crippen LogP contribution >= 0.6 is 0 Å². The molecular weight excluding hydrogens is 356 g/mol. The smallest absolute Gasteiger partial charge is 0.160 e. The number of benzene rings is 3. The van der Waals surface area contributed by atoms with Gasteiger partial charge in [-0.2, -0.15) is 0 Å². The third-order valence-corrected chi connectivity index (χ3v) is 5.22. The molecule has 29 heavy (non-hydrogen) atoms. The molecule has 2 heterocycles. The minimum atomic E-state index is 0.124. The molecule has 0 aliphatic heterocycles. The van der Waals surface area contributed by atoms with Crippen LogP contribution in [0.3, 0.4) is 0 Å². The van der Waals surface area contributed by atoms with Gasteiger partial charge in [0.05, 0.1) is 11.0 Å². The first-order valence-corrected chi connectivity index (χ1v) is 10.7. The van der Waals surface area contributed by atoms with Crippen LogP contribution in [0.1, 0.15) is 57.5 Å². The number of para-hydroxylation sites is 2. The largest absolute Gasteiger partial charge is 0.353 e. The van der Waals surface area contributed by atoms with Crippen molar-refractivity contribution in [2.75, 3.05) is 0 Å². The number of H-pyrrole nitrogens is 2. The lowest BCUT2D eigenvalue weighted by atomic mass is 9.92. The fraction of sp³-hybridized carbons (Fsp3) is 0.269. The van der Waals surface area contributed by atoms with Gasteiger partial charge < -0.3 is 9.97 Å². The van der Waals surface area contributed by atoms with Crippen molar-refractivity contribution in [3.05, 3.63) is 59.7 Å². The van der Waals surface area contributed by atoms with Gasteiger partial charge in [-0.05, 0) is 31.0 Å². The fourth-order valence-corrected chi connectivity index (χ4v) is 4.25. The van der Waals surface area contributed by atoms with Crippen LogP contribution in [-0.4, -0.2) is 15.8 Å². The third-order valence-electron chi connectivity index (χ3n) is 5.22. The van der Waals surface area contributed by atoms with Crippen LogP contribution < -0.4 is 0 Å². The Morgan fingerprint density at radius 2 is 1.21 bits per heavy atom. The molecule has 0 saturated heterocycles. The number of hydrogen-bond acceptors (Lipinski definition) is 1. The van der Waals surface area contributed by atoms with Gasteiger partial charge in [-0.15, -0.1) is 0 Å². The van der Waals surface area contributed by atoms with Crippen molar-refractivity contribution < 1.29 is 4.79 Å². The summed E-state index contributed by atoms with van der Waals surface area (Å²) in [7, 11) is 0. The van der Waals surface area contributed by atoms with E-state index in [9.17, 15) is 4.79 Å². The Labute approximate surface area is 172 Å². The van der Waals surface area contributed by atoms with Crippen LogP contribution in [0.4, 0.5) is 0 Å². The highest BCUT2D eigenvalue weighted by Gasteiger charge is 2.22. The molecule has 5 rings (SSSR count). The number of fused-ring (bicyclic) bond motifs is 7. The number of Topliss-reactive ketones (excluding diaryl/α,β-unsaturated/α-hetero) is 1. The summed E-state index contributed by atoms with van der Waals surface area (Å²) in [6.07, 6.45) is 0.822. The van der Waals surface area contributed by atoms with Crippen molar-refractivity contribution in [1.82, 2.24) is 9.97 Å². The lowest BCUT2D eigenvalue weighted by molar-refractivity contribution is 0.101. The Kier molecular flexibility index (Phi) is 6.07. The molecule has 0 unspecified atom stereocenters. The van der Waals surface area contributed by atoms with E-state index >= 15 is 0 Å². The van der Waals surface area contributed by atoms with Gasteiger partial charge in [-0.1, -0.05) is 71.0 Å². The van der Waals surface area contributed by atoms with Gasteiger partial charge in [0, 0.05) is 38.1 Å². The second-order valence-corrected chi connectivity index (χ2v) is 6.60. The van der Waals surface area contributed by atoms with Gasteiger partial charge in [0.1, 0.15) is 0 Å². The van der Waals surface area contributed by atoms with E-state index in [1.165, 1.54) is 10.8 Å². The summed E-state index contributed by atoms with van der Waals surface area (Å²) in [6.45, 7) is 11.8. The monoisotopic (exact) mass is 386 g/mol. The molecule has 3 heteroatoms. The van der Waals surface area contributed by atoms with Gasteiger partial charge in [-0.25, -0.2) is 0 Å². The maximum atomic E-state index is 12.7. The first-order chi connectivity index (χ1) is 14.2. The van der Waals surface area contributed by atoms with E-state index in [4.69, 9.17) is 0 Å². The number of rotatable bonds is 2. The lowest BCUT2D eigenvalue weighted by Gasteiger charge is -2.10. The third kappa shape index (κ3) is 3.11. The van der Waals surface area contributed by atoms with Crippen molar-refractivity contribution >= 4 is 49.4 Å². The van der Waals surface area contributed by atoms with Crippen molar-refractivity contribution in [2.45, 2.75) is 48.0 Å². The van der Waals surface area contributed by atoms with Gasteiger partial charge in [0.2, 0.25) is 0 Å². The molecule has 0 spiro atoms. The molecule has 0 fully saturated rings. The molecule has 0 saturated carbocycles. The Hall–Kier alpha value is -3.07. The van der Waals surface area contributed by atoms with Crippen molar-refractivity contribution in [3.8, 4) is 0 Å². The second kappa shape index (κ2) is 8.52. The lowest BCUT2D eigenvalue weighted by Crippen LogP contribution is -2.01. The number of aromatic amines is 2. The summed E-state index contributed by atoms with van der Waals surface area (Å²) >= 11 is 0. The van der Waals surface area contributed by atoms with Gasteiger partial charge in [-0.3, -0.25) is 4.79 Å². The molecule has 3 aromatic carbocycles. The Balaban J connectivity index is 0.000000568. The van der Waals surface area contributed by atoms with Crippen LogP contribution in [0.2, 0.25) is 0 Å². The van der Waals surface area contributed by atoms with E-state index in [1.807, 2.05) is 45.9 Å². The SMILES string of the molecule is CC.CC.CCc1c(C(C)=O)c2c3ccccc3[nH]c2c2[nH]c3ccccc3c12. The second-order valence-electron chi connectivity index (χ2n) is 6.60. The maximum Gasteiger partial charge on any atom is 0.160 e. The van der Waals surface area contributed by atoms with E-state index in [2.05, 4.69) is 47.2 Å². The molecular formula is C26H30N2O. The summed E-state index contributed by atoms with van der Waals surface area (Å²) in [5, 5.41) is 4.50. The number of hydrogen-bond donors (Lipinski definition) is 2. The van der Waals surface area contributed by atoms with Crippen molar-refractivity contribution in [3.63, 3.8) is 0 Å². The normalized spacial score (nSPS) is 10.7. The first-order valence-electron chi connectivity index (χ1n) is 10.7. The Morgan fingerprint density at radius 1 is 0.759 bits per heavy atom. The van der Waals surface area contributed by atoms with E-state index in [0.717, 1.165) is 50.4 Å². The Morgan fingerprint density at radius 3 is 1.69 bits per heavy atom. The van der Waals surface area contributed by atoms with Crippen LogP contribution in [-0.2, 0) is 6.42 Å². The van der Waals surface area contributed by atoms with E-state index < -0.39 is 0 Å². The zero-order valence-corrected chi connectivity index (χ0v) is 18.2. The maximum absolute atomic E-state index is 12.7. The van der Waals surface area contributed by atoms with E-state index in [-0.39, 0.29) is 5.78 Å². The number of ketones is 1. The van der Waals surface area contributed by atoms with Gasteiger partial charge >= 0.3 is 0 Å². The molecule has 0 radical (unpaired) electrons. The highest BCUT2D eigenvalue weighted by atomic mass is 16.1. The number of aromatic nitrogens is 2. The van der Waals surface area contributed by atoms with Crippen LogP contribution in [0.5, 0.6) is 0 Å². The van der Waals surface area contributed by atoms with E-state index in [0.29, 0.717) is 0 Å². The highest BCUT2D eigenvalue weighted by Crippen LogP contribution is 2.40. The molecule has 0 aliphatic rings. The number of carbonyl (C=O) groups is 1. The quantitative estimate of drug-likeness (QED) is 0.299.